The number of carbonyl (C=O) groups excluding carboxylic acids is 3. The van der Waals surface area contributed by atoms with Crippen molar-refractivity contribution in [3.8, 4) is 0 Å². The van der Waals surface area contributed by atoms with Gasteiger partial charge in [0.1, 0.15) is 5.60 Å². The molecule has 2 N–H and O–H groups in total. The zero-order chi connectivity index (χ0) is 19.0. The van der Waals surface area contributed by atoms with E-state index in [4.69, 9.17) is 9.47 Å². The summed E-state index contributed by atoms with van der Waals surface area (Å²) in [5, 5.41) is 5.10. The van der Waals surface area contributed by atoms with Gasteiger partial charge >= 0.3 is 12.1 Å². The number of esters is 1. The van der Waals surface area contributed by atoms with E-state index in [-0.39, 0.29) is 5.56 Å². The Morgan fingerprint density at radius 1 is 1.20 bits per heavy atom. The largest absolute Gasteiger partial charge is 0.449 e. The third-order valence-corrected chi connectivity index (χ3v) is 2.84. The fourth-order valence-corrected chi connectivity index (χ4v) is 1.71. The predicted molar refractivity (Wildman–Crippen MR) is 94.4 cm³/mol. The van der Waals surface area contributed by atoms with Crippen molar-refractivity contribution in [1.29, 1.82) is 0 Å². The molecule has 0 heterocycles. The molecule has 0 saturated heterocycles. The Labute approximate surface area is 147 Å². The number of rotatable bonds is 6. The highest BCUT2D eigenvalue weighted by atomic mass is 16.6. The minimum atomic E-state index is -0.924. The Hall–Kier alpha value is -2.83. The van der Waals surface area contributed by atoms with Gasteiger partial charge in [-0.25, -0.2) is 9.59 Å². The van der Waals surface area contributed by atoms with Crippen LogP contribution in [-0.2, 0) is 14.3 Å². The number of benzene rings is 1. The lowest BCUT2D eigenvalue weighted by molar-refractivity contribution is -0.128. The predicted octanol–water partition coefficient (Wildman–Crippen LogP) is 2.88. The number of carbonyl (C=O) groups is 3. The van der Waals surface area contributed by atoms with Gasteiger partial charge in [0.15, 0.2) is 6.10 Å². The zero-order valence-electron chi connectivity index (χ0n) is 14.9. The summed E-state index contributed by atoms with van der Waals surface area (Å²) in [5.74, 6) is -1.04. The van der Waals surface area contributed by atoms with E-state index in [0.717, 1.165) is 0 Å². The van der Waals surface area contributed by atoms with E-state index < -0.39 is 29.7 Å². The Balaban J connectivity index is 2.60. The molecule has 7 heteroatoms. The van der Waals surface area contributed by atoms with Crippen LogP contribution in [0.1, 0.15) is 38.1 Å². The number of hydrogen-bond acceptors (Lipinski definition) is 5. The molecule has 25 heavy (non-hydrogen) atoms. The summed E-state index contributed by atoms with van der Waals surface area (Å²) in [7, 11) is 0. The fraction of sp³-hybridized carbons (Fsp3) is 0.389. The van der Waals surface area contributed by atoms with Crippen LogP contribution in [0.15, 0.2) is 36.9 Å². The molecule has 7 nitrogen and oxygen atoms in total. The first-order valence-corrected chi connectivity index (χ1v) is 7.82. The van der Waals surface area contributed by atoms with E-state index in [0.29, 0.717) is 12.2 Å². The van der Waals surface area contributed by atoms with Gasteiger partial charge in [-0.2, -0.15) is 0 Å². The molecule has 1 aromatic carbocycles. The maximum Gasteiger partial charge on any atom is 0.412 e. The van der Waals surface area contributed by atoms with Crippen LogP contribution in [0.5, 0.6) is 0 Å². The summed E-state index contributed by atoms with van der Waals surface area (Å²) in [6.45, 7) is 10.6. The van der Waals surface area contributed by atoms with Gasteiger partial charge in [-0.3, -0.25) is 10.1 Å². The number of hydrogen-bond donors (Lipinski definition) is 2. The third kappa shape index (κ3) is 7.52. The summed E-state index contributed by atoms with van der Waals surface area (Å²) in [6.07, 6.45) is 0.0189. The van der Waals surface area contributed by atoms with Crippen LogP contribution < -0.4 is 10.6 Å². The average molecular weight is 348 g/mol. The Kier molecular flexibility index (Phi) is 7.17. The monoisotopic (exact) mass is 348 g/mol. The van der Waals surface area contributed by atoms with E-state index in [2.05, 4.69) is 17.2 Å². The molecular weight excluding hydrogens is 324 g/mol. The average Bonchev–Trinajstić information content (AvgIpc) is 2.51. The van der Waals surface area contributed by atoms with Crippen LogP contribution in [0.2, 0.25) is 0 Å². The van der Waals surface area contributed by atoms with Gasteiger partial charge in [0.2, 0.25) is 0 Å². The van der Waals surface area contributed by atoms with Crippen molar-refractivity contribution in [2.24, 2.45) is 0 Å². The quantitative estimate of drug-likeness (QED) is 0.609. The van der Waals surface area contributed by atoms with Gasteiger partial charge in [-0.1, -0.05) is 6.08 Å². The molecule has 0 radical (unpaired) electrons. The molecule has 0 saturated carbocycles. The zero-order valence-corrected chi connectivity index (χ0v) is 14.9. The van der Waals surface area contributed by atoms with E-state index >= 15 is 0 Å². The van der Waals surface area contributed by atoms with Gasteiger partial charge in [0.05, 0.1) is 5.56 Å². The number of anilines is 1. The van der Waals surface area contributed by atoms with Gasteiger partial charge in [0.25, 0.3) is 5.91 Å². The van der Waals surface area contributed by atoms with Gasteiger partial charge in [-0.05, 0) is 52.0 Å². The number of amides is 2. The standard InChI is InChI=1S/C18H24N2O5/c1-6-11-19-15(21)12(2)24-16(22)13-7-9-14(10-8-13)20-17(23)25-18(3,4)5/h6-10,12H,1,11H2,2-5H3,(H,19,21)(H,20,23)/t12-/m1/s1. The van der Waals surface area contributed by atoms with Crippen LogP contribution in [0.4, 0.5) is 10.5 Å². The molecule has 1 aromatic rings. The topological polar surface area (TPSA) is 93.7 Å². The van der Waals surface area contributed by atoms with Crippen LogP contribution in [0.3, 0.4) is 0 Å². The maximum absolute atomic E-state index is 12.0. The van der Waals surface area contributed by atoms with E-state index in [1.165, 1.54) is 25.1 Å². The highest BCUT2D eigenvalue weighted by Gasteiger charge is 2.19. The SMILES string of the molecule is C=CCNC(=O)[C@@H](C)OC(=O)c1ccc(NC(=O)OC(C)(C)C)cc1. The van der Waals surface area contributed by atoms with Crippen molar-refractivity contribution in [1.82, 2.24) is 5.32 Å². The van der Waals surface area contributed by atoms with Crippen LogP contribution in [0, 0.1) is 0 Å². The summed E-state index contributed by atoms with van der Waals surface area (Å²) in [4.78, 5) is 35.4. The normalized spacial score (nSPS) is 11.8. The van der Waals surface area contributed by atoms with Crippen molar-refractivity contribution >= 4 is 23.7 Å². The molecule has 0 aliphatic carbocycles. The molecule has 2 amide bonds. The van der Waals surface area contributed by atoms with Crippen LogP contribution >= 0.6 is 0 Å². The molecule has 0 bridgehead atoms. The second kappa shape index (κ2) is 8.86. The van der Waals surface area contributed by atoms with Gasteiger partial charge in [0, 0.05) is 12.2 Å². The van der Waals surface area contributed by atoms with Crippen molar-refractivity contribution in [2.45, 2.75) is 39.4 Å². The number of ether oxygens (including phenoxy) is 2. The van der Waals surface area contributed by atoms with E-state index in [1.807, 2.05) is 0 Å². The minimum Gasteiger partial charge on any atom is -0.449 e. The molecule has 0 fully saturated rings. The first-order valence-electron chi connectivity index (χ1n) is 7.82. The van der Waals surface area contributed by atoms with Crippen molar-refractivity contribution in [2.75, 3.05) is 11.9 Å². The molecule has 0 aliphatic rings. The molecular formula is C18H24N2O5. The van der Waals surface area contributed by atoms with Gasteiger partial charge in [-0.15, -0.1) is 6.58 Å². The summed E-state index contributed by atoms with van der Waals surface area (Å²) < 4.78 is 10.2. The molecule has 0 unspecified atom stereocenters. The molecule has 1 rings (SSSR count). The smallest absolute Gasteiger partial charge is 0.412 e. The molecule has 136 valence electrons. The minimum absolute atomic E-state index is 0.262. The summed E-state index contributed by atoms with van der Waals surface area (Å²) in [5.41, 5.74) is 0.136. The number of nitrogens with one attached hydrogen (secondary N) is 2. The van der Waals surface area contributed by atoms with Crippen molar-refractivity contribution < 1.29 is 23.9 Å². The maximum atomic E-state index is 12.0. The summed E-state index contributed by atoms with van der Waals surface area (Å²) in [6, 6.07) is 6.07. The Morgan fingerprint density at radius 3 is 2.32 bits per heavy atom. The first kappa shape index (κ1) is 20.2. The summed E-state index contributed by atoms with van der Waals surface area (Å²) >= 11 is 0. The van der Waals surface area contributed by atoms with E-state index in [9.17, 15) is 14.4 Å². The Bertz CT molecular complexity index is 632. The van der Waals surface area contributed by atoms with Crippen molar-refractivity contribution in [3.63, 3.8) is 0 Å². The molecule has 0 spiro atoms. The molecule has 0 aliphatic heterocycles. The Morgan fingerprint density at radius 2 is 1.80 bits per heavy atom. The lowest BCUT2D eigenvalue weighted by Crippen LogP contribution is -2.35. The first-order chi connectivity index (χ1) is 11.6. The van der Waals surface area contributed by atoms with Crippen LogP contribution in [-0.4, -0.2) is 36.2 Å². The molecule has 1 atom stereocenters. The second-order valence-electron chi connectivity index (χ2n) is 6.29. The fourth-order valence-electron chi connectivity index (χ4n) is 1.71. The van der Waals surface area contributed by atoms with Gasteiger partial charge < -0.3 is 14.8 Å². The second-order valence-corrected chi connectivity index (χ2v) is 6.29. The lowest BCUT2D eigenvalue weighted by Gasteiger charge is -2.19. The lowest BCUT2D eigenvalue weighted by atomic mass is 10.2. The highest BCUT2D eigenvalue weighted by Crippen LogP contribution is 2.14. The highest BCUT2D eigenvalue weighted by molar-refractivity contribution is 5.93. The molecule has 0 aromatic heterocycles. The third-order valence-electron chi connectivity index (χ3n) is 2.84. The van der Waals surface area contributed by atoms with Crippen molar-refractivity contribution in [3.05, 3.63) is 42.5 Å². The van der Waals surface area contributed by atoms with Crippen LogP contribution in [0.25, 0.3) is 0 Å². The van der Waals surface area contributed by atoms with E-state index in [1.54, 1.807) is 32.9 Å².